The van der Waals surface area contributed by atoms with E-state index in [1.165, 1.54) is 0 Å². The fraction of sp³-hybridized carbons (Fsp3) is 0.667. The smallest absolute Gasteiger partial charge is 0.0739 e. The summed E-state index contributed by atoms with van der Waals surface area (Å²) in [7, 11) is 0. The van der Waals surface area contributed by atoms with Crippen LogP contribution in [-0.4, -0.2) is 15.0 Å². The van der Waals surface area contributed by atoms with Crippen LogP contribution in [0, 0.1) is 0 Å². The van der Waals surface area contributed by atoms with Crippen molar-refractivity contribution in [3.8, 4) is 0 Å². The van der Waals surface area contributed by atoms with Gasteiger partial charge in [0.2, 0.25) is 0 Å². The number of rotatable bonds is 4. The summed E-state index contributed by atoms with van der Waals surface area (Å²) in [5.74, 6) is 5.17. The molecule has 0 aromatic carbocycles. The third kappa shape index (κ3) is 1.99. The van der Waals surface area contributed by atoms with Gasteiger partial charge in [-0.25, -0.2) is 4.68 Å². The Kier molecular flexibility index (Phi) is 3.00. The molecule has 0 fully saturated rings. The molecule has 1 rings (SSSR count). The third-order valence-corrected chi connectivity index (χ3v) is 1.42. The monoisotopic (exact) mass is 155 g/mol. The largest absolute Gasteiger partial charge is 0.271 e. The normalized spacial score (nSPS) is 10.4. The highest BCUT2D eigenvalue weighted by Gasteiger charge is 1.99. The molecule has 0 radical (unpaired) electrons. The van der Waals surface area contributed by atoms with Crippen molar-refractivity contribution in [2.45, 2.75) is 26.4 Å². The molecule has 3 N–H and O–H groups in total. The molecule has 0 saturated heterocycles. The molecule has 1 aromatic rings. The predicted molar refractivity (Wildman–Crippen MR) is 41.3 cm³/mol. The SMILES string of the molecule is CCCn1nncc1CNN. The highest BCUT2D eigenvalue weighted by atomic mass is 15.4. The second kappa shape index (κ2) is 4.05. The van der Waals surface area contributed by atoms with Gasteiger partial charge in [0.25, 0.3) is 0 Å². The van der Waals surface area contributed by atoms with Crippen LogP contribution in [0.15, 0.2) is 6.20 Å². The lowest BCUT2D eigenvalue weighted by Gasteiger charge is -2.02. The Balaban J connectivity index is 2.62. The molecule has 0 aliphatic carbocycles. The Bertz CT molecular complexity index is 186. The van der Waals surface area contributed by atoms with E-state index in [0.29, 0.717) is 6.54 Å². The van der Waals surface area contributed by atoms with Gasteiger partial charge in [-0.05, 0) is 6.42 Å². The van der Waals surface area contributed by atoms with Crippen LogP contribution in [0.25, 0.3) is 0 Å². The van der Waals surface area contributed by atoms with Crippen LogP contribution in [0.3, 0.4) is 0 Å². The fourth-order valence-corrected chi connectivity index (χ4v) is 0.920. The molecule has 1 aromatic heterocycles. The van der Waals surface area contributed by atoms with Crippen LogP contribution in [-0.2, 0) is 13.1 Å². The first kappa shape index (κ1) is 8.16. The van der Waals surface area contributed by atoms with Crippen molar-refractivity contribution in [1.29, 1.82) is 0 Å². The second-order valence-electron chi connectivity index (χ2n) is 2.33. The molecule has 0 amide bonds. The van der Waals surface area contributed by atoms with Gasteiger partial charge < -0.3 is 0 Å². The maximum Gasteiger partial charge on any atom is 0.0739 e. The molecule has 0 aliphatic heterocycles. The summed E-state index contributed by atoms with van der Waals surface area (Å²) in [6.45, 7) is 3.62. The quantitative estimate of drug-likeness (QED) is 0.460. The Morgan fingerprint density at radius 3 is 3.18 bits per heavy atom. The number of aryl methyl sites for hydroxylation is 1. The number of hydrogen-bond donors (Lipinski definition) is 2. The van der Waals surface area contributed by atoms with Gasteiger partial charge in [-0.15, -0.1) is 5.10 Å². The van der Waals surface area contributed by atoms with Gasteiger partial charge in [-0.2, -0.15) is 0 Å². The lowest BCUT2D eigenvalue weighted by atomic mass is 10.4. The molecule has 0 atom stereocenters. The Morgan fingerprint density at radius 1 is 1.73 bits per heavy atom. The summed E-state index contributed by atoms with van der Waals surface area (Å²) in [6.07, 6.45) is 2.77. The maximum atomic E-state index is 5.17. The molecule has 5 heteroatoms. The Hall–Kier alpha value is -0.940. The van der Waals surface area contributed by atoms with Crippen molar-refractivity contribution in [2.75, 3.05) is 0 Å². The number of hydrogen-bond acceptors (Lipinski definition) is 4. The molecule has 62 valence electrons. The van der Waals surface area contributed by atoms with Crippen LogP contribution in [0.5, 0.6) is 0 Å². The first-order valence-electron chi connectivity index (χ1n) is 3.69. The van der Waals surface area contributed by atoms with Gasteiger partial charge in [-0.1, -0.05) is 12.1 Å². The molecule has 0 spiro atoms. The number of nitrogens with two attached hydrogens (primary N) is 1. The molecule has 11 heavy (non-hydrogen) atoms. The van der Waals surface area contributed by atoms with Crippen LogP contribution in [0.1, 0.15) is 19.0 Å². The van der Waals surface area contributed by atoms with Gasteiger partial charge in [0.15, 0.2) is 0 Å². The number of nitrogens with zero attached hydrogens (tertiary/aromatic N) is 3. The van der Waals surface area contributed by atoms with E-state index >= 15 is 0 Å². The third-order valence-electron chi connectivity index (χ3n) is 1.42. The number of aromatic nitrogens is 3. The summed E-state index contributed by atoms with van der Waals surface area (Å²) < 4.78 is 1.85. The highest BCUT2D eigenvalue weighted by Crippen LogP contribution is 1.95. The molecule has 0 bridgehead atoms. The molecule has 5 nitrogen and oxygen atoms in total. The van der Waals surface area contributed by atoms with E-state index in [-0.39, 0.29) is 0 Å². The number of hydrazine groups is 1. The average Bonchev–Trinajstić information content (AvgIpc) is 2.39. The van der Waals surface area contributed by atoms with E-state index in [4.69, 9.17) is 5.84 Å². The van der Waals surface area contributed by atoms with Crippen molar-refractivity contribution >= 4 is 0 Å². The van der Waals surface area contributed by atoms with E-state index in [1.54, 1.807) is 6.20 Å². The van der Waals surface area contributed by atoms with Crippen molar-refractivity contribution < 1.29 is 0 Å². The summed E-state index contributed by atoms with van der Waals surface area (Å²) in [4.78, 5) is 0. The first-order valence-corrected chi connectivity index (χ1v) is 3.69. The highest BCUT2D eigenvalue weighted by molar-refractivity contribution is 4.92. The van der Waals surface area contributed by atoms with E-state index in [0.717, 1.165) is 18.7 Å². The lowest BCUT2D eigenvalue weighted by Crippen LogP contribution is -2.23. The topological polar surface area (TPSA) is 68.8 Å². The van der Waals surface area contributed by atoms with Gasteiger partial charge in [0.05, 0.1) is 18.4 Å². The van der Waals surface area contributed by atoms with Gasteiger partial charge in [0.1, 0.15) is 0 Å². The molecule has 1 heterocycles. The van der Waals surface area contributed by atoms with Crippen LogP contribution in [0.2, 0.25) is 0 Å². The Labute approximate surface area is 65.5 Å². The standard InChI is InChI=1S/C6H13N5/c1-2-3-11-6(4-8-7)5-9-10-11/h5,8H,2-4,7H2,1H3. The zero-order valence-electron chi connectivity index (χ0n) is 6.62. The van der Waals surface area contributed by atoms with Crippen molar-refractivity contribution in [3.05, 3.63) is 11.9 Å². The maximum absolute atomic E-state index is 5.17. The van der Waals surface area contributed by atoms with E-state index in [1.807, 2.05) is 4.68 Å². The van der Waals surface area contributed by atoms with E-state index in [2.05, 4.69) is 22.7 Å². The zero-order valence-corrected chi connectivity index (χ0v) is 6.62. The predicted octanol–water partition coefficient (Wildman–Crippen LogP) is -0.349. The summed E-state index contributed by atoms with van der Waals surface area (Å²) in [5, 5.41) is 7.67. The molecular weight excluding hydrogens is 142 g/mol. The van der Waals surface area contributed by atoms with Crippen LogP contribution >= 0.6 is 0 Å². The van der Waals surface area contributed by atoms with Crippen LogP contribution < -0.4 is 11.3 Å². The summed E-state index contributed by atoms with van der Waals surface area (Å²) in [6, 6.07) is 0. The molecule has 0 unspecified atom stereocenters. The average molecular weight is 155 g/mol. The summed E-state index contributed by atoms with van der Waals surface area (Å²) in [5.41, 5.74) is 3.59. The van der Waals surface area contributed by atoms with Gasteiger partial charge in [0, 0.05) is 6.54 Å². The fourth-order valence-electron chi connectivity index (χ4n) is 0.920. The lowest BCUT2D eigenvalue weighted by molar-refractivity contribution is 0.540. The Morgan fingerprint density at radius 2 is 2.55 bits per heavy atom. The van der Waals surface area contributed by atoms with Crippen molar-refractivity contribution in [3.63, 3.8) is 0 Å². The minimum Gasteiger partial charge on any atom is -0.271 e. The van der Waals surface area contributed by atoms with Gasteiger partial charge >= 0.3 is 0 Å². The summed E-state index contributed by atoms with van der Waals surface area (Å²) >= 11 is 0. The van der Waals surface area contributed by atoms with E-state index in [9.17, 15) is 0 Å². The first-order chi connectivity index (χ1) is 5.38. The number of nitrogens with one attached hydrogen (secondary N) is 1. The van der Waals surface area contributed by atoms with Crippen molar-refractivity contribution in [2.24, 2.45) is 5.84 Å². The molecular formula is C6H13N5. The second-order valence-corrected chi connectivity index (χ2v) is 2.33. The van der Waals surface area contributed by atoms with Gasteiger partial charge in [-0.3, -0.25) is 11.3 Å². The zero-order chi connectivity index (χ0) is 8.10. The molecule has 0 saturated carbocycles. The molecule has 0 aliphatic rings. The van der Waals surface area contributed by atoms with E-state index < -0.39 is 0 Å². The minimum atomic E-state index is 0.618. The van der Waals surface area contributed by atoms with Crippen molar-refractivity contribution in [1.82, 2.24) is 20.4 Å². The minimum absolute atomic E-state index is 0.618. The van der Waals surface area contributed by atoms with Crippen LogP contribution in [0.4, 0.5) is 0 Å².